The van der Waals surface area contributed by atoms with Crippen LogP contribution in [0.2, 0.25) is 0 Å². The lowest BCUT2D eigenvalue weighted by atomic mass is 9.89. The minimum absolute atomic E-state index is 0.00686. The topological polar surface area (TPSA) is 61.0 Å². The summed E-state index contributed by atoms with van der Waals surface area (Å²) in [5.74, 6) is 0.454. The first-order valence-corrected chi connectivity index (χ1v) is 10.3. The third-order valence-electron chi connectivity index (χ3n) is 5.72. The van der Waals surface area contributed by atoms with Gasteiger partial charge in [0.2, 0.25) is 0 Å². The van der Waals surface area contributed by atoms with Crippen LogP contribution in [0.4, 0.5) is 0 Å². The van der Waals surface area contributed by atoms with Crippen LogP contribution in [0.15, 0.2) is 54.6 Å². The van der Waals surface area contributed by atoms with Crippen molar-refractivity contribution < 1.29 is 4.79 Å². The van der Waals surface area contributed by atoms with Gasteiger partial charge in [0.05, 0.1) is 11.0 Å². The van der Waals surface area contributed by atoms with Crippen LogP contribution in [0, 0.1) is 0 Å². The highest BCUT2D eigenvalue weighted by molar-refractivity contribution is 5.94. The van der Waals surface area contributed by atoms with Gasteiger partial charge in [-0.25, -0.2) is 4.98 Å². The van der Waals surface area contributed by atoms with E-state index in [0.717, 1.165) is 36.8 Å². The number of para-hydroxylation sites is 2. The van der Waals surface area contributed by atoms with E-state index in [-0.39, 0.29) is 11.9 Å². The first-order chi connectivity index (χ1) is 13.7. The van der Waals surface area contributed by atoms with Gasteiger partial charge in [0.15, 0.2) is 5.82 Å². The van der Waals surface area contributed by atoms with Gasteiger partial charge in [-0.05, 0) is 50.3 Å². The molecule has 1 heterocycles. The minimum atomic E-state index is 0.00686. The zero-order valence-electron chi connectivity index (χ0n) is 16.4. The summed E-state index contributed by atoms with van der Waals surface area (Å²) in [7, 11) is 0. The van der Waals surface area contributed by atoms with Crippen molar-refractivity contribution in [3.05, 3.63) is 66.0 Å². The Bertz CT molecular complexity index is 888. The smallest absolute Gasteiger partial charge is 0.289 e. The van der Waals surface area contributed by atoms with Gasteiger partial charge >= 0.3 is 0 Å². The van der Waals surface area contributed by atoms with Gasteiger partial charge in [-0.1, -0.05) is 42.5 Å². The SMILES string of the molecule is CCN(C(=O)c1nc2ccccc2[nH]1)[C@H]1CCC[C@@H](NCc2ccccc2)C1. The summed E-state index contributed by atoms with van der Waals surface area (Å²) in [6.45, 7) is 3.63. The van der Waals surface area contributed by atoms with Crippen molar-refractivity contribution in [2.45, 2.75) is 51.2 Å². The zero-order chi connectivity index (χ0) is 19.3. The Morgan fingerprint density at radius 1 is 1.14 bits per heavy atom. The van der Waals surface area contributed by atoms with E-state index in [1.54, 1.807) is 0 Å². The fraction of sp³-hybridized carbons (Fsp3) is 0.391. The summed E-state index contributed by atoms with van der Waals surface area (Å²) in [5, 5.41) is 3.69. The van der Waals surface area contributed by atoms with E-state index in [4.69, 9.17) is 0 Å². The van der Waals surface area contributed by atoms with E-state index in [1.807, 2.05) is 35.2 Å². The summed E-state index contributed by atoms with van der Waals surface area (Å²) in [6, 6.07) is 19.0. The number of rotatable bonds is 6. The number of aromatic nitrogens is 2. The Labute approximate surface area is 166 Å². The maximum atomic E-state index is 13.1. The van der Waals surface area contributed by atoms with Crippen molar-refractivity contribution in [3.8, 4) is 0 Å². The van der Waals surface area contributed by atoms with Crippen LogP contribution in [0.5, 0.6) is 0 Å². The van der Waals surface area contributed by atoms with E-state index in [9.17, 15) is 4.79 Å². The number of aromatic amines is 1. The molecular weight excluding hydrogens is 348 g/mol. The average Bonchev–Trinajstić information content (AvgIpc) is 3.18. The predicted octanol–water partition coefficient (Wildman–Crippen LogP) is 4.13. The van der Waals surface area contributed by atoms with Crippen LogP contribution < -0.4 is 5.32 Å². The Morgan fingerprint density at radius 2 is 1.93 bits per heavy atom. The largest absolute Gasteiger partial charge is 0.334 e. The number of nitrogens with one attached hydrogen (secondary N) is 2. The summed E-state index contributed by atoms with van der Waals surface area (Å²) in [6.07, 6.45) is 4.36. The molecule has 1 aromatic heterocycles. The van der Waals surface area contributed by atoms with Gasteiger partial charge in [-0.15, -0.1) is 0 Å². The standard InChI is InChI=1S/C23H28N4O/c1-2-27(23(28)22-25-20-13-6-7-14-21(20)26-22)19-12-8-11-18(15-19)24-16-17-9-4-3-5-10-17/h3-7,9-10,13-14,18-19,24H,2,8,11-12,15-16H2,1H3,(H,25,26)/t18-,19+/m1/s1. The number of amides is 1. The quantitative estimate of drug-likeness (QED) is 0.680. The normalized spacial score (nSPS) is 19.6. The Hall–Kier alpha value is -2.66. The molecule has 0 bridgehead atoms. The highest BCUT2D eigenvalue weighted by atomic mass is 16.2. The molecule has 1 aliphatic carbocycles. The van der Waals surface area contributed by atoms with Gasteiger partial charge in [0.25, 0.3) is 5.91 Å². The van der Waals surface area contributed by atoms with Crippen molar-refractivity contribution in [1.82, 2.24) is 20.2 Å². The molecule has 1 aliphatic rings. The number of H-pyrrole nitrogens is 1. The van der Waals surface area contributed by atoms with Crippen molar-refractivity contribution in [1.29, 1.82) is 0 Å². The summed E-state index contributed by atoms with van der Waals surface area (Å²) >= 11 is 0. The fourth-order valence-corrected chi connectivity index (χ4v) is 4.25. The summed E-state index contributed by atoms with van der Waals surface area (Å²) in [5.41, 5.74) is 3.05. The molecule has 2 atom stereocenters. The predicted molar refractivity (Wildman–Crippen MR) is 112 cm³/mol. The molecule has 2 N–H and O–H groups in total. The van der Waals surface area contributed by atoms with Gasteiger partial charge in [-0.3, -0.25) is 4.79 Å². The van der Waals surface area contributed by atoms with Crippen molar-refractivity contribution in [3.63, 3.8) is 0 Å². The molecule has 28 heavy (non-hydrogen) atoms. The third kappa shape index (κ3) is 4.09. The van der Waals surface area contributed by atoms with E-state index < -0.39 is 0 Å². The molecule has 5 nitrogen and oxygen atoms in total. The number of carbonyl (C=O) groups is 1. The van der Waals surface area contributed by atoms with Crippen molar-refractivity contribution in [2.75, 3.05) is 6.54 Å². The van der Waals surface area contributed by atoms with Crippen LogP contribution in [0.3, 0.4) is 0 Å². The van der Waals surface area contributed by atoms with E-state index >= 15 is 0 Å². The lowest BCUT2D eigenvalue weighted by molar-refractivity contribution is 0.0617. The van der Waals surface area contributed by atoms with Crippen LogP contribution >= 0.6 is 0 Å². The van der Waals surface area contributed by atoms with E-state index in [1.165, 1.54) is 12.0 Å². The Morgan fingerprint density at radius 3 is 2.71 bits per heavy atom. The molecule has 1 fully saturated rings. The van der Waals surface area contributed by atoms with Crippen molar-refractivity contribution >= 4 is 16.9 Å². The van der Waals surface area contributed by atoms with Crippen molar-refractivity contribution in [2.24, 2.45) is 0 Å². The number of hydrogen-bond donors (Lipinski definition) is 2. The monoisotopic (exact) mass is 376 g/mol. The van der Waals surface area contributed by atoms with Gasteiger partial charge in [0.1, 0.15) is 0 Å². The second-order valence-electron chi connectivity index (χ2n) is 7.58. The number of nitrogens with zero attached hydrogens (tertiary/aromatic N) is 2. The molecule has 0 radical (unpaired) electrons. The van der Waals surface area contributed by atoms with Crippen LogP contribution in [0.1, 0.15) is 48.8 Å². The lowest BCUT2D eigenvalue weighted by Gasteiger charge is -2.37. The number of imidazole rings is 1. The average molecular weight is 377 g/mol. The first-order valence-electron chi connectivity index (χ1n) is 10.3. The molecular formula is C23H28N4O. The molecule has 0 spiro atoms. The number of fused-ring (bicyclic) bond motifs is 1. The van der Waals surface area contributed by atoms with Gasteiger partial charge in [0, 0.05) is 25.2 Å². The third-order valence-corrected chi connectivity index (χ3v) is 5.72. The Kier molecular flexibility index (Phi) is 5.72. The van der Waals surface area contributed by atoms with E-state index in [2.05, 4.69) is 46.5 Å². The molecule has 146 valence electrons. The molecule has 5 heteroatoms. The van der Waals surface area contributed by atoms with Crippen LogP contribution in [0.25, 0.3) is 11.0 Å². The summed E-state index contributed by atoms with van der Waals surface area (Å²) in [4.78, 5) is 22.8. The fourth-order valence-electron chi connectivity index (χ4n) is 4.25. The highest BCUT2D eigenvalue weighted by Gasteiger charge is 2.30. The molecule has 0 saturated heterocycles. The highest BCUT2D eigenvalue weighted by Crippen LogP contribution is 2.25. The molecule has 0 aliphatic heterocycles. The van der Waals surface area contributed by atoms with Gasteiger partial charge in [-0.2, -0.15) is 0 Å². The maximum absolute atomic E-state index is 13.1. The molecule has 3 aromatic rings. The van der Waals surface area contributed by atoms with Crippen LogP contribution in [-0.2, 0) is 6.54 Å². The Balaban J connectivity index is 1.42. The zero-order valence-corrected chi connectivity index (χ0v) is 16.4. The van der Waals surface area contributed by atoms with Crippen LogP contribution in [-0.4, -0.2) is 39.4 Å². The number of hydrogen-bond acceptors (Lipinski definition) is 3. The molecule has 2 aromatic carbocycles. The second-order valence-corrected chi connectivity index (χ2v) is 7.58. The summed E-state index contributed by atoms with van der Waals surface area (Å²) < 4.78 is 0. The minimum Gasteiger partial charge on any atom is -0.334 e. The van der Waals surface area contributed by atoms with Gasteiger partial charge < -0.3 is 15.2 Å². The molecule has 1 amide bonds. The maximum Gasteiger partial charge on any atom is 0.289 e. The number of benzene rings is 2. The number of carbonyl (C=O) groups excluding carboxylic acids is 1. The molecule has 0 unspecified atom stereocenters. The van der Waals surface area contributed by atoms with E-state index in [0.29, 0.717) is 18.4 Å². The molecule has 1 saturated carbocycles. The second kappa shape index (κ2) is 8.57. The lowest BCUT2D eigenvalue weighted by Crippen LogP contribution is -2.47. The molecule has 4 rings (SSSR count). The first kappa shape index (κ1) is 18.7.